The van der Waals surface area contributed by atoms with Crippen LogP contribution < -0.4 is 10.6 Å². The molecule has 1 rings (SSSR count). The first-order valence-corrected chi connectivity index (χ1v) is 5.64. The molecule has 0 unspecified atom stereocenters. The Morgan fingerprint density at radius 1 is 1.50 bits per heavy atom. The number of amides is 1. The van der Waals surface area contributed by atoms with Gasteiger partial charge in [0, 0.05) is 18.8 Å². The maximum absolute atomic E-state index is 11.9. The van der Waals surface area contributed by atoms with Crippen LogP contribution in [-0.2, 0) is 0 Å². The summed E-state index contributed by atoms with van der Waals surface area (Å²) in [4.78, 5) is 15.9. The van der Waals surface area contributed by atoms with Gasteiger partial charge in [-0.25, -0.2) is 0 Å². The molecule has 0 bridgehead atoms. The Morgan fingerprint density at radius 3 is 2.88 bits per heavy atom. The minimum atomic E-state index is -0.0593. The summed E-state index contributed by atoms with van der Waals surface area (Å²) in [5.41, 5.74) is 1.44. The molecule has 1 aromatic rings. The van der Waals surface area contributed by atoms with E-state index in [1.807, 2.05) is 13.8 Å². The SMILES string of the molecule is CCCNc1cnccc1C(=O)NC(C)C. The molecule has 1 heterocycles. The molecule has 16 heavy (non-hydrogen) atoms. The van der Waals surface area contributed by atoms with Crippen LogP contribution in [0.4, 0.5) is 5.69 Å². The summed E-state index contributed by atoms with van der Waals surface area (Å²) in [6.45, 7) is 6.81. The maximum atomic E-state index is 11.9. The highest BCUT2D eigenvalue weighted by atomic mass is 16.1. The Labute approximate surface area is 96.5 Å². The largest absolute Gasteiger partial charge is 0.383 e. The third-order valence-electron chi connectivity index (χ3n) is 2.05. The minimum absolute atomic E-state index is 0.0593. The molecule has 4 heteroatoms. The van der Waals surface area contributed by atoms with E-state index >= 15 is 0 Å². The molecular formula is C12H19N3O. The van der Waals surface area contributed by atoms with E-state index in [1.165, 1.54) is 0 Å². The Balaban J connectivity index is 2.81. The number of aromatic nitrogens is 1. The molecular weight excluding hydrogens is 202 g/mol. The number of carbonyl (C=O) groups is 1. The summed E-state index contributed by atoms with van der Waals surface area (Å²) in [5, 5.41) is 6.06. The second-order valence-corrected chi connectivity index (χ2v) is 3.98. The van der Waals surface area contributed by atoms with Gasteiger partial charge in [0.1, 0.15) is 0 Å². The van der Waals surface area contributed by atoms with E-state index in [-0.39, 0.29) is 11.9 Å². The lowest BCUT2D eigenvalue weighted by Crippen LogP contribution is -2.30. The number of nitrogens with zero attached hydrogens (tertiary/aromatic N) is 1. The number of hydrogen-bond donors (Lipinski definition) is 2. The van der Waals surface area contributed by atoms with Gasteiger partial charge in [-0.15, -0.1) is 0 Å². The van der Waals surface area contributed by atoms with Crippen molar-refractivity contribution >= 4 is 11.6 Å². The van der Waals surface area contributed by atoms with E-state index in [0.717, 1.165) is 18.7 Å². The van der Waals surface area contributed by atoms with Crippen molar-refractivity contribution in [3.63, 3.8) is 0 Å². The van der Waals surface area contributed by atoms with E-state index in [9.17, 15) is 4.79 Å². The maximum Gasteiger partial charge on any atom is 0.253 e. The standard InChI is InChI=1S/C12H19N3O/c1-4-6-14-11-8-13-7-5-10(11)12(16)15-9(2)3/h5,7-9,14H,4,6H2,1-3H3,(H,15,16). The summed E-state index contributed by atoms with van der Waals surface area (Å²) in [7, 11) is 0. The molecule has 1 aromatic heterocycles. The molecule has 2 N–H and O–H groups in total. The summed E-state index contributed by atoms with van der Waals surface area (Å²) >= 11 is 0. The zero-order valence-electron chi connectivity index (χ0n) is 10.1. The molecule has 88 valence electrons. The molecule has 0 atom stereocenters. The Morgan fingerprint density at radius 2 is 2.25 bits per heavy atom. The van der Waals surface area contributed by atoms with Gasteiger partial charge in [-0.05, 0) is 26.3 Å². The van der Waals surface area contributed by atoms with Crippen LogP contribution in [0.1, 0.15) is 37.6 Å². The van der Waals surface area contributed by atoms with Crippen LogP contribution in [0.5, 0.6) is 0 Å². The van der Waals surface area contributed by atoms with Gasteiger partial charge in [0.05, 0.1) is 17.4 Å². The second kappa shape index (κ2) is 6.10. The van der Waals surface area contributed by atoms with Crippen molar-refractivity contribution in [1.82, 2.24) is 10.3 Å². The number of carbonyl (C=O) groups excluding carboxylic acids is 1. The average molecular weight is 221 g/mol. The number of rotatable bonds is 5. The lowest BCUT2D eigenvalue weighted by atomic mass is 10.2. The van der Waals surface area contributed by atoms with Crippen molar-refractivity contribution in [3.05, 3.63) is 24.0 Å². The Hall–Kier alpha value is -1.58. The second-order valence-electron chi connectivity index (χ2n) is 3.98. The average Bonchev–Trinajstić information content (AvgIpc) is 2.25. The van der Waals surface area contributed by atoms with Crippen molar-refractivity contribution in [3.8, 4) is 0 Å². The highest BCUT2D eigenvalue weighted by Gasteiger charge is 2.11. The van der Waals surface area contributed by atoms with E-state index < -0.39 is 0 Å². The molecule has 0 aromatic carbocycles. The van der Waals surface area contributed by atoms with Crippen molar-refractivity contribution in [2.75, 3.05) is 11.9 Å². The van der Waals surface area contributed by atoms with E-state index in [1.54, 1.807) is 18.5 Å². The number of nitrogens with one attached hydrogen (secondary N) is 2. The number of anilines is 1. The fourth-order valence-corrected chi connectivity index (χ4v) is 1.33. The molecule has 0 fully saturated rings. The van der Waals surface area contributed by atoms with Gasteiger partial charge in [0.15, 0.2) is 0 Å². The predicted molar refractivity (Wildman–Crippen MR) is 65.6 cm³/mol. The number of hydrogen-bond acceptors (Lipinski definition) is 3. The highest BCUT2D eigenvalue weighted by Crippen LogP contribution is 2.13. The fraction of sp³-hybridized carbons (Fsp3) is 0.500. The molecule has 0 spiro atoms. The third kappa shape index (κ3) is 3.53. The van der Waals surface area contributed by atoms with Gasteiger partial charge in [-0.3, -0.25) is 9.78 Å². The zero-order chi connectivity index (χ0) is 12.0. The van der Waals surface area contributed by atoms with Crippen molar-refractivity contribution in [2.24, 2.45) is 0 Å². The van der Waals surface area contributed by atoms with Crippen LogP contribution in [0.2, 0.25) is 0 Å². The first-order valence-electron chi connectivity index (χ1n) is 5.64. The molecule has 0 saturated heterocycles. The summed E-state index contributed by atoms with van der Waals surface area (Å²) in [5.74, 6) is -0.0593. The predicted octanol–water partition coefficient (Wildman–Crippen LogP) is 2.04. The topological polar surface area (TPSA) is 54.0 Å². The fourth-order valence-electron chi connectivity index (χ4n) is 1.33. The van der Waals surface area contributed by atoms with Gasteiger partial charge in [0.25, 0.3) is 5.91 Å². The molecule has 0 aliphatic heterocycles. The van der Waals surface area contributed by atoms with Crippen LogP contribution >= 0.6 is 0 Å². The van der Waals surface area contributed by atoms with E-state index in [2.05, 4.69) is 22.5 Å². The first-order chi connectivity index (χ1) is 7.65. The number of pyridine rings is 1. The van der Waals surface area contributed by atoms with Gasteiger partial charge >= 0.3 is 0 Å². The monoisotopic (exact) mass is 221 g/mol. The van der Waals surface area contributed by atoms with Gasteiger partial charge < -0.3 is 10.6 Å². The highest BCUT2D eigenvalue weighted by molar-refractivity contribution is 5.99. The minimum Gasteiger partial charge on any atom is -0.383 e. The molecule has 4 nitrogen and oxygen atoms in total. The Bertz CT molecular complexity index is 350. The lowest BCUT2D eigenvalue weighted by Gasteiger charge is -2.12. The van der Waals surface area contributed by atoms with Gasteiger partial charge in [-0.1, -0.05) is 6.92 Å². The Kier molecular flexibility index (Phi) is 4.76. The van der Waals surface area contributed by atoms with Crippen molar-refractivity contribution in [2.45, 2.75) is 33.2 Å². The van der Waals surface area contributed by atoms with E-state index in [4.69, 9.17) is 0 Å². The summed E-state index contributed by atoms with van der Waals surface area (Å²) in [6.07, 6.45) is 4.33. The first kappa shape index (κ1) is 12.5. The molecule has 0 aliphatic rings. The van der Waals surface area contributed by atoms with Crippen LogP contribution in [0.25, 0.3) is 0 Å². The summed E-state index contributed by atoms with van der Waals surface area (Å²) in [6, 6.07) is 1.87. The molecule has 0 aliphatic carbocycles. The smallest absolute Gasteiger partial charge is 0.253 e. The normalized spacial score (nSPS) is 10.2. The molecule has 1 amide bonds. The lowest BCUT2D eigenvalue weighted by molar-refractivity contribution is 0.0944. The summed E-state index contributed by atoms with van der Waals surface area (Å²) < 4.78 is 0. The van der Waals surface area contributed by atoms with Crippen LogP contribution in [0.3, 0.4) is 0 Å². The van der Waals surface area contributed by atoms with Crippen LogP contribution in [0, 0.1) is 0 Å². The van der Waals surface area contributed by atoms with Crippen LogP contribution in [-0.4, -0.2) is 23.5 Å². The quantitative estimate of drug-likeness (QED) is 0.800. The zero-order valence-corrected chi connectivity index (χ0v) is 10.1. The van der Waals surface area contributed by atoms with Crippen molar-refractivity contribution in [1.29, 1.82) is 0 Å². The van der Waals surface area contributed by atoms with E-state index in [0.29, 0.717) is 5.56 Å². The van der Waals surface area contributed by atoms with Gasteiger partial charge in [-0.2, -0.15) is 0 Å². The molecule has 0 saturated carbocycles. The third-order valence-corrected chi connectivity index (χ3v) is 2.05. The molecule has 0 radical (unpaired) electrons. The van der Waals surface area contributed by atoms with Crippen LogP contribution in [0.15, 0.2) is 18.5 Å². The van der Waals surface area contributed by atoms with Crippen molar-refractivity contribution < 1.29 is 4.79 Å². The van der Waals surface area contributed by atoms with Gasteiger partial charge in [0.2, 0.25) is 0 Å².